The summed E-state index contributed by atoms with van der Waals surface area (Å²) in [7, 11) is 6.89. The molecule has 1 unspecified atom stereocenters. The van der Waals surface area contributed by atoms with Gasteiger partial charge >= 0.3 is 0 Å². The average molecular weight is 268 g/mol. The van der Waals surface area contributed by atoms with Crippen LogP contribution < -0.4 is 24.8 Å². The second kappa shape index (κ2) is 7.09. The maximum absolute atomic E-state index is 5.80. The minimum Gasteiger partial charge on any atom is -0.496 e. The lowest BCUT2D eigenvalue weighted by atomic mass is 10.2. The van der Waals surface area contributed by atoms with Crippen LogP contribution in [0.1, 0.15) is 13.3 Å². The summed E-state index contributed by atoms with van der Waals surface area (Å²) >= 11 is 0. The quantitative estimate of drug-likeness (QED) is 0.818. The van der Waals surface area contributed by atoms with Gasteiger partial charge in [0.25, 0.3) is 0 Å². The second-order valence-corrected chi connectivity index (χ2v) is 4.57. The summed E-state index contributed by atoms with van der Waals surface area (Å²) < 4.78 is 16.1. The molecular weight excluding hydrogens is 244 g/mol. The summed E-state index contributed by atoms with van der Waals surface area (Å²) in [6.07, 6.45) is 0.898. The number of ether oxygens (including phenoxy) is 3. The van der Waals surface area contributed by atoms with Gasteiger partial charge in [0.05, 0.1) is 21.3 Å². The second-order valence-electron chi connectivity index (χ2n) is 4.57. The van der Waals surface area contributed by atoms with Crippen LogP contribution in [-0.4, -0.2) is 41.0 Å². The topological polar surface area (TPSA) is 57.0 Å². The Labute approximate surface area is 115 Å². The fourth-order valence-corrected chi connectivity index (χ4v) is 1.87. The van der Waals surface area contributed by atoms with Crippen molar-refractivity contribution in [2.75, 3.05) is 39.8 Å². The van der Waals surface area contributed by atoms with Crippen LogP contribution in [0.15, 0.2) is 12.1 Å². The Morgan fingerprint density at radius 2 is 1.63 bits per heavy atom. The summed E-state index contributed by atoms with van der Waals surface area (Å²) in [5.41, 5.74) is 6.71. The van der Waals surface area contributed by atoms with Gasteiger partial charge in [0.15, 0.2) is 0 Å². The van der Waals surface area contributed by atoms with E-state index >= 15 is 0 Å². The highest BCUT2D eigenvalue weighted by Crippen LogP contribution is 2.41. The monoisotopic (exact) mass is 268 g/mol. The van der Waals surface area contributed by atoms with Crippen LogP contribution in [0, 0.1) is 0 Å². The largest absolute Gasteiger partial charge is 0.496 e. The van der Waals surface area contributed by atoms with Gasteiger partial charge in [-0.05, 0) is 13.3 Å². The number of methoxy groups -OCH3 is 3. The van der Waals surface area contributed by atoms with Gasteiger partial charge in [-0.15, -0.1) is 0 Å². The van der Waals surface area contributed by atoms with E-state index in [1.54, 1.807) is 21.3 Å². The van der Waals surface area contributed by atoms with Crippen LogP contribution in [0.2, 0.25) is 0 Å². The van der Waals surface area contributed by atoms with Gasteiger partial charge in [0, 0.05) is 31.8 Å². The molecule has 0 radical (unpaired) electrons. The van der Waals surface area contributed by atoms with Gasteiger partial charge in [0.2, 0.25) is 0 Å². The van der Waals surface area contributed by atoms with E-state index in [4.69, 9.17) is 19.9 Å². The SMILES string of the molecule is COc1cc(OC)c(N(C)CCC(C)N)c(OC)c1. The first kappa shape index (κ1) is 15.4. The van der Waals surface area contributed by atoms with E-state index in [-0.39, 0.29) is 6.04 Å². The normalized spacial score (nSPS) is 11.9. The highest BCUT2D eigenvalue weighted by molar-refractivity contribution is 5.70. The summed E-state index contributed by atoms with van der Waals surface area (Å²) in [5, 5.41) is 0. The van der Waals surface area contributed by atoms with Gasteiger partial charge in [-0.1, -0.05) is 0 Å². The van der Waals surface area contributed by atoms with E-state index in [0.29, 0.717) is 5.75 Å². The average Bonchev–Trinajstić information content (AvgIpc) is 2.42. The number of hydrogen-bond donors (Lipinski definition) is 1. The minimum absolute atomic E-state index is 0.165. The Hall–Kier alpha value is -1.62. The van der Waals surface area contributed by atoms with Crippen molar-refractivity contribution < 1.29 is 14.2 Å². The van der Waals surface area contributed by atoms with Crippen molar-refractivity contribution in [2.45, 2.75) is 19.4 Å². The molecule has 1 aromatic rings. The summed E-state index contributed by atoms with van der Waals surface area (Å²) in [4.78, 5) is 2.08. The zero-order valence-corrected chi connectivity index (χ0v) is 12.4. The molecule has 5 heteroatoms. The molecule has 0 spiro atoms. The summed E-state index contributed by atoms with van der Waals surface area (Å²) in [5.74, 6) is 2.16. The third-order valence-corrected chi connectivity index (χ3v) is 2.99. The van der Waals surface area contributed by atoms with Crippen molar-refractivity contribution in [2.24, 2.45) is 5.73 Å². The zero-order valence-electron chi connectivity index (χ0n) is 12.4. The molecule has 0 saturated carbocycles. The van der Waals surface area contributed by atoms with E-state index < -0.39 is 0 Å². The number of benzene rings is 1. The Morgan fingerprint density at radius 3 is 2.00 bits per heavy atom. The van der Waals surface area contributed by atoms with Crippen LogP contribution in [0.5, 0.6) is 17.2 Å². The predicted octanol–water partition coefficient (Wildman–Crippen LogP) is 1.89. The lowest BCUT2D eigenvalue weighted by molar-refractivity contribution is 0.375. The van der Waals surface area contributed by atoms with Crippen LogP contribution >= 0.6 is 0 Å². The third-order valence-electron chi connectivity index (χ3n) is 2.99. The van der Waals surface area contributed by atoms with Crippen LogP contribution in [0.25, 0.3) is 0 Å². The van der Waals surface area contributed by atoms with Crippen LogP contribution in [0.3, 0.4) is 0 Å². The Kier molecular flexibility index (Phi) is 5.76. The molecule has 1 atom stereocenters. The van der Waals surface area contributed by atoms with Crippen LogP contribution in [0.4, 0.5) is 5.69 Å². The lowest BCUT2D eigenvalue weighted by Gasteiger charge is -2.25. The van der Waals surface area contributed by atoms with E-state index in [1.807, 2.05) is 26.1 Å². The molecule has 0 heterocycles. The van der Waals surface area contributed by atoms with Crippen molar-refractivity contribution in [3.8, 4) is 17.2 Å². The predicted molar refractivity (Wildman–Crippen MR) is 77.6 cm³/mol. The van der Waals surface area contributed by atoms with Crippen molar-refractivity contribution >= 4 is 5.69 Å². The standard InChI is InChI=1S/C14H24N2O3/c1-10(15)6-7-16(2)14-12(18-4)8-11(17-3)9-13(14)19-5/h8-10H,6-7,15H2,1-5H3. The molecule has 0 aliphatic carbocycles. The number of nitrogens with two attached hydrogens (primary N) is 1. The van der Waals surface area contributed by atoms with Gasteiger partial charge in [-0.3, -0.25) is 0 Å². The number of rotatable bonds is 7. The van der Waals surface area contributed by atoms with E-state index in [2.05, 4.69) is 4.90 Å². The van der Waals surface area contributed by atoms with Gasteiger partial charge in [0.1, 0.15) is 22.9 Å². The Balaban J connectivity index is 3.08. The number of nitrogens with zero attached hydrogens (tertiary/aromatic N) is 1. The third kappa shape index (κ3) is 3.92. The maximum atomic E-state index is 5.80. The van der Waals surface area contributed by atoms with Crippen molar-refractivity contribution in [3.05, 3.63) is 12.1 Å². The molecule has 0 aromatic heterocycles. The smallest absolute Gasteiger partial charge is 0.149 e. The molecule has 0 amide bonds. The number of anilines is 1. The highest BCUT2D eigenvalue weighted by atomic mass is 16.5. The fraction of sp³-hybridized carbons (Fsp3) is 0.571. The van der Waals surface area contributed by atoms with E-state index in [0.717, 1.165) is 30.2 Å². The van der Waals surface area contributed by atoms with Gasteiger partial charge in [-0.2, -0.15) is 0 Å². The van der Waals surface area contributed by atoms with Gasteiger partial charge < -0.3 is 24.8 Å². The van der Waals surface area contributed by atoms with E-state index in [1.165, 1.54) is 0 Å². The first-order valence-electron chi connectivity index (χ1n) is 6.30. The van der Waals surface area contributed by atoms with Crippen molar-refractivity contribution in [1.82, 2.24) is 0 Å². The molecule has 0 fully saturated rings. The zero-order chi connectivity index (χ0) is 14.4. The van der Waals surface area contributed by atoms with Crippen LogP contribution in [-0.2, 0) is 0 Å². The molecule has 0 bridgehead atoms. The summed E-state index contributed by atoms with van der Waals surface area (Å²) in [6.45, 7) is 2.83. The molecule has 5 nitrogen and oxygen atoms in total. The Bertz CT molecular complexity index is 383. The fourth-order valence-electron chi connectivity index (χ4n) is 1.87. The molecule has 0 aliphatic heterocycles. The molecule has 1 rings (SSSR count). The van der Waals surface area contributed by atoms with E-state index in [9.17, 15) is 0 Å². The maximum Gasteiger partial charge on any atom is 0.149 e. The van der Waals surface area contributed by atoms with Crippen molar-refractivity contribution in [3.63, 3.8) is 0 Å². The minimum atomic E-state index is 0.165. The molecule has 0 saturated heterocycles. The Morgan fingerprint density at radius 1 is 1.11 bits per heavy atom. The molecular formula is C14H24N2O3. The van der Waals surface area contributed by atoms with Gasteiger partial charge in [-0.25, -0.2) is 0 Å². The molecule has 2 N–H and O–H groups in total. The first-order chi connectivity index (χ1) is 9.03. The summed E-state index contributed by atoms with van der Waals surface area (Å²) in [6, 6.07) is 3.86. The molecule has 1 aromatic carbocycles. The molecule has 108 valence electrons. The van der Waals surface area contributed by atoms with Crippen molar-refractivity contribution in [1.29, 1.82) is 0 Å². The highest BCUT2D eigenvalue weighted by Gasteiger charge is 2.17. The first-order valence-corrected chi connectivity index (χ1v) is 6.30. The molecule has 19 heavy (non-hydrogen) atoms. The number of hydrogen-bond acceptors (Lipinski definition) is 5. The molecule has 0 aliphatic rings. The lowest BCUT2D eigenvalue weighted by Crippen LogP contribution is -2.26.